The Bertz CT molecular complexity index is 641. The number of hydrogen-bond acceptors (Lipinski definition) is 4. The Hall–Kier alpha value is -1.72. The monoisotopic (exact) mass is 244 g/mol. The summed E-state index contributed by atoms with van der Waals surface area (Å²) in [5.41, 5.74) is 8.73. The molecule has 0 bridgehead atoms. The van der Waals surface area contributed by atoms with Crippen LogP contribution in [0, 0.1) is 0 Å². The fourth-order valence-electron chi connectivity index (χ4n) is 1.77. The van der Waals surface area contributed by atoms with E-state index in [1.54, 1.807) is 17.7 Å². The first-order chi connectivity index (χ1) is 8.36. The summed E-state index contributed by atoms with van der Waals surface area (Å²) in [5.74, 6) is 0. The molecule has 0 amide bonds. The number of imidazole rings is 1. The van der Waals surface area contributed by atoms with Crippen LogP contribution < -0.4 is 5.73 Å². The Kier molecular flexibility index (Phi) is 2.62. The number of aromatic nitrogens is 3. The van der Waals surface area contributed by atoms with Crippen LogP contribution in [-0.2, 0) is 6.42 Å². The van der Waals surface area contributed by atoms with E-state index in [4.69, 9.17) is 5.73 Å². The summed E-state index contributed by atoms with van der Waals surface area (Å²) >= 11 is 1.70. The number of aromatic amines is 1. The van der Waals surface area contributed by atoms with Gasteiger partial charge in [0.15, 0.2) is 0 Å². The molecule has 3 aromatic rings. The molecule has 2 heterocycles. The van der Waals surface area contributed by atoms with Crippen molar-refractivity contribution < 1.29 is 0 Å². The van der Waals surface area contributed by atoms with Crippen LogP contribution in [0.25, 0.3) is 21.5 Å². The molecule has 3 N–H and O–H groups in total. The number of H-pyrrole nitrogens is 1. The molecule has 1 aromatic carbocycles. The highest BCUT2D eigenvalue weighted by Gasteiger charge is 2.05. The molecule has 0 radical (unpaired) electrons. The second-order valence-corrected chi connectivity index (χ2v) is 4.91. The Morgan fingerprint density at radius 1 is 1.29 bits per heavy atom. The quantitative estimate of drug-likeness (QED) is 0.742. The van der Waals surface area contributed by atoms with Gasteiger partial charge in [0.25, 0.3) is 0 Å². The SMILES string of the molecule is NCCc1ncc(-c2ccc3nc[nH]c3c2)s1. The van der Waals surface area contributed by atoms with Crippen LogP contribution in [0.3, 0.4) is 0 Å². The number of thiazole rings is 1. The second-order valence-electron chi connectivity index (χ2n) is 3.79. The summed E-state index contributed by atoms with van der Waals surface area (Å²) in [6.07, 6.45) is 4.46. The molecule has 2 aromatic heterocycles. The van der Waals surface area contributed by atoms with Gasteiger partial charge in [0.2, 0.25) is 0 Å². The summed E-state index contributed by atoms with van der Waals surface area (Å²) in [4.78, 5) is 12.9. The van der Waals surface area contributed by atoms with Gasteiger partial charge >= 0.3 is 0 Å². The maximum atomic E-state index is 5.52. The average molecular weight is 244 g/mol. The van der Waals surface area contributed by atoms with E-state index in [0.29, 0.717) is 6.54 Å². The zero-order chi connectivity index (χ0) is 11.7. The molecule has 0 saturated carbocycles. The van der Waals surface area contributed by atoms with Crippen LogP contribution in [0.5, 0.6) is 0 Å². The van der Waals surface area contributed by atoms with Crippen molar-refractivity contribution in [3.63, 3.8) is 0 Å². The summed E-state index contributed by atoms with van der Waals surface area (Å²) < 4.78 is 0. The van der Waals surface area contributed by atoms with Crippen molar-refractivity contribution in [1.29, 1.82) is 0 Å². The van der Waals surface area contributed by atoms with Gasteiger partial charge in [-0.25, -0.2) is 9.97 Å². The predicted molar refractivity (Wildman–Crippen MR) is 70.0 cm³/mol. The minimum atomic E-state index is 0.645. The van der Waals surface area contributed by atoms with Crippen LogP contribution in [0.4, 0.5) is 0 Å². The third-order valence-corrected chi connectivity index (χ3v) is 3.72. The smallest absolute Gasteiger partial charge is 0.0943 e. The van der Waals surface area contributed by atoms with E-state index in [2.05, 4.69) is 27.1 Å². The molecule has 4 nitrogen and oxygen atoms in total. The molecular weight excluding hydrogens is 232 g/mol. The van der Waals surface area contributed by atoms with Gasteiger partial charge in [0, 0.05) is 12.6 Å². The summed E-state index contributed by atoms with van der Waals surface area (Å²) in [6, 6.07) is 6.19. The standard InChI is InChI=1S/C12H12N4S/c13-4-3-12-14-6-11(17-12)8-1-2-9-10(5-8)16-7-15-9/h1-2,5-7H,3-4,13H2,(H,15,16). The molecule has 0 aliphatic heterocycles. The largest absolute Gasteiger partial charge is 0.345 e. The van der Waals surface area contributed by atoms with Crippen molar-refractivity contribution in [2.24, 2.45) is 5.73 Å². The number of nitrogens with zero attached hydrogens (tertiary/aromatic N) is 2. The molecule has 86 valence electrons. The van der Waals surface area contributed by atoms with Crippen LogP contribution >= 0.6 is 11.3 Å². The van der Waals surface area contributed by atoms with Crippen molar-refractivity contribution in [2.45, 2.75) is 6.42 Å². The highest BCUT2D eigenvalue weighted by Crippen LogP contribution is 2.28. The molecule has 0 spiro atoms. The van der Waals surface area contributed by atoms with Gasteiger partial charge < -0.3 is 10.7 Å². The molecule has 5 heteroatoms. The summed E-state index contributed by atoms with van der Waals surface area (Å²) in [7, 11) is 0. The Morgan fingerprint density at radius 3 is 3.12 bits per heavy atom. The van der Waals surface area contributed by atoms with Crippen LogP contribution in [0.15, 0.2) is 30.7 Å². The molecule has 0 aliphatic carbocycles. The van der Waals surface area contributed by atoms with Gasteiger partial charge in [0.1, 0.15) is 0 Å². The normalized spacial score (nSPS) is 11.1. The van der Waals surface area contributed by atoms with Gasteiger partial charge in [-0.1, -0.05) is 6.07 Å². The highest BCUT2D eigenvalue weighted by molar-refractivity contribution is 7.15. The van der Waals surface area contributed by atoms with Crippen molar-refractivity contribution in [3.8, 4) is 10.4 Å². The minimum absolute atomic E-state index is 0.645. The van der Waals surface area contributed by atoms with Crippen LogP contribution in [0.2, 0.25) is 0 Å². The number of nitrogens with one attached hydrogen (secondary N) is 1. The van der Waals surface area contributed by atoms with Gasteiger partial charge in [-0.2, -0.15) is 0 Å². The first kappa shape index (κ1) is 10.4. The van der Waals surface area contributed by atoms with E-state index in [0.717, 1.165) is 22.5 Å². The fraction of sp³-hybridized carbons (Fsp3) is 0.167. The first-order valence-corrected chi connectivity index (χ1v) is 6.27. The van der Waals surface area contributed by atoms with Gasteiger partial charge in [-0.05, 0) is 24.2 Å². The van der Waals surface area contributed by atoms with Crippen molar-refractivity contribution in [1.82, 2.24) is 15.0 Å². The molecule has 17 heavy (non-hydrogen) atoms. The number of benzene rings is 1. The number of rotatable bonds is 3. The van der Waals surface area contributed by atoms with Crippen LogP contribution in [0.1, 0.15) is 5.01 Å². The number of fused-ring (bicyclic) bond motifs is 1. The third-order valence-electron chi connectivity index (χ3n) is 2.62. The Labute approximate surface area is 103 Å². The fourth-order valence-corrected chi connectivity index (χ4v) is 2.70. The zero-order valence-corrected chi connectivity index (χ0v) is 10.00. The lowest BCUT2D eigenvalue weighted by atomic mass is 10.2. The molecular formula is C12H12N4S. The minimum Gasteiger partial charge on any atom is -0.345 e. The van der Waals surface area contributed by atoms with Gasteiger partial charge in [0.05, 0.1) is 27.2 Å². The van der Waals surface area contributed by atoms with E-state index >= 15 is 0 Å². The molecule has 3 rings (SSSR count). The second kappa shape index (κ2) is 4.27. The maximum absolute atomic E-state index is 5.52. The van der Waals surface area contributed by atoms with E-state index in [9.17, 15) is 0 Å². The van der Waals surface area contributed by atoms with Crippen LogP contribution in [-0.4, -0.2) is 21.5 Å². The van der Waals surface area contributed by atoms with E-state index in [1.807, 2.05) is 12.3 Å². The van der Waals surface area contributed by atoms with E-state index in [-0.39, 0.29) is 0 Å². The average Bonchev–Trinajstić information content (AvgIpc) is 2.96. The molecule has 0 aliphatic rings. The summed E-state index contributed by atoms with van der Waals surface area (Å²) in [6.45, 7) is 0.645. The lowest BCUT2D eigenvalue weighted by molar-refractivity contribution is 0.953. The first-order valence-electron chi connectivity index (χ1n) is 5.45. The lowest BCUT2D eigenvalue weighted by Crippen LogP contribution is -2.01. The van der Waals surface area contributed by atoms with Gasteiger partial charge in [-0.3, -0.25) is 0 Å². The maximum Gasteiger partial charge on any atom is 0.0943 e. The lowest BCUT2D eigenvalue weighted by Gasteiger charge is -1.96. The van der Waals surface area contributed by atoms with Crippen molar-refractivity contribution in [2.75, 3.05) is 6.54 Å². The number of nitrogens with two attached hydrogens (primary N) is 1. The van der Waals surface area contributed by atoms with E-state index < -0.39 is 0 Å². The van der Waals surface area contributed by atoms with Gasteiger partial charge in [-0.15, -0.1) is 11.3 Å². The van der Waals surface area contributed by atoms with Crippen molar-refractivity contribution >= 4 is 22.4 Å². The number of hydrogen-bond donors (Lipinski definition) is 2. The molecule has 0 fully saturated rings. The third kappa shape index (κ3) is 1.94. The molecule has 0 saturated heterocycles. The Morgan fingerprint density at radius 2 is 2.24 bits per heavy atom. The van der Waals surface area contributed by atoms with E-state index in [1.165, 1.54) is 10.4 Å². The Balaban J connectivity index is 2.00. The summed E-state index contributed by atoms with van der Waals surface area (Å²) in [5, 5.41) is 1.09. The molecule has 0 atom stereocenters. The van der Waals surface area contributed by atoms with Crippen molar-refractivity contribution in [3.05, 3.63) is 35.7 Å². The predicted octanol–water partition coefficient (Wildman–Crippen LogP) is 2.19. The topological polar surface area (TPSA) is 67.6 Å². The highest BCUT2D eigenvalue weighted by atomic mass is 32.1. The molecule has 0 unspecified atom stereocenters. The zero-order valence-electron chi connectivity index (χ0n) is 9.18.